The van der Waals surface area contributed by atoms with Crippen LogP contribution in [0.3, 0.4) is 0 Å². The van der Waals surface area contributed by atoms with E-state index in [1.807, 2.05) is 6.07 Å². The Balaban J connectivity index is 1.52. The monoisotopic (exact) mass is 600 g/mol. The van der Waals surface area contributed by atoms with Crippen molar-refractivity contribution in [3.05, 3.63) is 60.3 Å². The predicted molar refractivity (Wildman–Crippen MR) is 157 cm³/mol. The molecular weight excluding hydrogens is 564 g/mol. The number of rotatable bonds is 13. The zero-order chi connectivity index (χ0) is 30.1. The predicted octanol–water partition coefficient (Wildman–Crippen LogP) is 2.68. The van der Waals surface area contributed by atoms with Crippen molar-refractivity contribution in [2.45, 2.75) is 25.5 Å². The molecule has 1 fully saturated rings. The number of carbonyl (C=O) groups is 2. The normalized spacial score (nSPS) is 16.7. The van der Waals surface area contributed by atoms with Gasteiger partial charge in [0.25, 0.3) is 5.91 Å². The van der Waals surface area contributed by atoms with Crippen molar-refractivity contribution in [1.82, 2.24) is 14.8 Å². The molecule has 2 unspecified atom stereocenters. The first-order valence-electron chi connectivity index (χ1n) is 13.6. The van der Waals surface area contributed by atoms with Crippen molar-refractivity contribution < 1.29 is 37.3 Å². The minimum Gasteiger partial charge on any atom is -0.483 e. The Labute approximate surface area is 246 Å². The van der Waals surface area contributed by atoms with Gasteiger partial charge in [-0.1, -0.05) is 12.1 Å². The smallest absolute Gasteiger partial charge is 0.344 e. The quantitative estimate of drug-likeness (QED) is 0.222. The summed E-state index contributed by atoms with van der Waals surface area (Å²) in [4.78, 5) is 33.3. The molecule has 0 radical (unpaired) electrons. The number of aliphatic hydroxyl groups excluding tert-OH is 1. The average Bonchev–Trinajstić information content (AvgIpc) is 3.42. The van der Waals surface area contributed by atoms with Crippen molar-refractivity contribution in [2.24, 2.45) is 4.36 Å². The summed E-state index contributed by atoms with van der Waals surface area (Å²) in [6.07, 6.45) is 1.85. The maximum atomic E-state index is 13.5. The Morgan fingerprint density at radius 3 is 2.76 bits per heavy atom. The van der Waals surface area contributed by atoms with Crippen molar-refractivity contribution in [1.29, 1.82) is 0 Å². The van der Waals surface area contributed by atoms with Gasteiger partial charge in [0.2, 0.25) is 0 Å². The molecule has 0 saturated carbocycles. The van der Waals surface area contributed by atoms with Gasteiger partial charge in [0.1, 0.15) is 22.7 Å². The van der Waals surface area contributed by atoms with E-state index >= 15 is 0 Å². The fourth-order valence-corrected chi connectivity index (χ4v) is 5.13. The van der Waals surface area contributed by atoms with Crippen LogP contribution in [-0.4, -0.2) is 95.7 Å². The van der Waals surface area contributed by atoms with E-state index < -0.39 is 23.0 Å². The molecular formula is C29H36N4O8S. The molecule has 0 aliphatic carbocycles. The number of pyridine rings is 1. The summed E-state index contributed by atoms with van der Waals surface area (Å²) in [5, 5.41) is 10.7. The summed E-state index contributed by atoms with van der Waals surface area (Å²) in [6.45, 7) is 3.23. The van der Waals surface area contributed by atoms with E-state index in [0.717, 1.165) is 5.56 Å². The summed E-state index contributed by atoms with van der Waals surface area (Å²) in [5.41, 5.74) is 1.67. The van der Waals surface area contributed by atoms with Gasteiger partial charge >= 0.3 is 5.97 Å². The number of β-amino-alcohol motifs (C(OH)–C–C–N with tert-alkyl or cyclic N) is 1. The lowest BCUT2D eigenvalue weighted by molar-refractivity contribution is -0.145. The molecule has 1 amide bonds. The maximum Gasteiger partial charge on any atom is 0.344 e. The molecule has 13 heteroatoms. The average molecular weight is 601 g/mol. The molecule has 1 aliphatic rings. The van der Waals surface area contributed by atoms with Crippen molar-refractivity contribution in [3.63, 3.8) is 0 Å². The first-order valence-corrected chi connectivity index (χ1v) is 14.7. The topological polar surface area (TPSA) is 140 Å². The molecule has 0 bridgehead atoms. The second-order valence-electron chi connectivity index (χ2n) is 9.68. The highest BCUT2D eigenvalue weighted by Crippen LogP contribution is 2.32. The van der Waals surface area contributed by atoms with Gasteiger partial charge in [0.05, 0.1) is 25.9 Å². The van der Waals surface area contributed by atoms with E-state index in [9.17, 15) is 18.9 Å². The molecule has 42 heavy (non-hydrogen) atoms. The number of hydrogen-bond donors (Lipinski definition) is 2. The molecule has 12 nitrogen and oxygen atoms in total. The van der Waals surface area contributed by atoms with E-state index in [0.29, 0.717) is 54.1 Å². The fraction of sp³-hybridized carbons (Fsp3) is 0.414. The first kappa shape index (κ1) is 31.2. The van der Waals surface area contributed by atoms with Crippen LogP contribution >= 0.6 is 0 Å². The van der Waals surface area contributed by atoms with Crippen LogP contribution in [0.4, 0.5) is 5.69 Å². The third kappa shape index (κ3) is 8.16. The molecule has 4 rings (SSSR count). The molecule has 2 aromatic carbocycles. The number of amides is 1. The zero-order valence-electron chi connectivity index (χ0n) is 23.8. The number of thiol groups is 1. The van der Waals surface area contributed by atoms with Crippen molar-refractivity contribution in [2.75, 3.05) is 53.6 Å². The van der Waals surface area contributed by atoms with E-state index in [4.69, 9.17) is 18.4 Å². The highest BCUT2D eigenvalue weighted by atomic mass is 32.2. The lowest BCUT2D eigenvalue weighted by atomic mass is 10.0. The third-order valence-corrected chi connectivity index (χ3v) is 7.54. The Morgan fingerprint density at radius 1 is 1.19 bits per heavy atom. The van der Waals surface area contributed by atoms with Crippen LogP contribution in [0.2, 0.25) is 0 Å². The lowest BCUT2D eigenvalue weighted by Crippen LogP contribution is -2.41. The fourth-order valence-electron chi connectivity index (χ4n) is 4.71. The molecule has 3 aromatic rings. The summed E-state index contributed by atoms with van der Waals surface area (Å²) in [5.74, 6) is 0.168. The number of benzene rings is 2. The number of aromatic nitrogens is 1. The highest BCUT2D eigenvalue weighted by molar-refractivity contribution is 7.69. The number of esters is 1. The van der Waals surface area contributed by atoms with Gasteiger partial charge in [-0.25, -0.2) is 9.00 Å². The molecule has 1 aliphatic heterocycles. The molecule has 3 atom stereocenters. The Morgan fingerprint density at radius 2 is 2.02 bits per heavy atom. The van der Waals surface area contributed by atoms with Crippen LogP contribution < -0.4 is 9.47 Å². The minimum absolute atomic E-state index is 0.222. The van der Waals surface area contributed by atoms with Gasteiger partial charge < -0.3 is 24.2 Å². The van der Waals surface area contributed by atoms with E-state index in [-0.39, 0.29) is 31.8 Å². The second-order valence-corrected chi connectivity index (χ2v) is 10.7. The number of nitrogens with zero attached hydrogens (tertiary/aromatic N) is 4. The molecule has 1 saturated heterocycles. The first-order chi connectivity index (χ1) is 20.3. The SMILES string of the molecule is CCOC(=O)COc1cccc(C(CN2CC[C@H](O)C2)N(C)C(=O)COc2ccc(N=[SH](=O)OC)c3ncccc23)c1. The number of likely N-dealkylation sites (tertiary alicyclic amines) is 1. The van der Waals surface area contributed by atoms with Gasteiger partial charge in [-0.2, -0.15) is 4.36 Å². The largest absolute Gasteiger partial charge is 0.483 e. The zero-order valence-corrected chi connectivity index (χ0v) is 24.7. The van der Waals surface area contributed by atoms with Gasteiger partial charge in [0, 0.05) is 38.3 Å². The van der Waals surface area contributed by atoms with Gasteiger partial charge in [-0.15, -0.1) is 0 Å². The Kier molecular flexibility index (Phi) is 11.1. The summed E-state index contributed by atoms with van der Waals surface area (Å²) >= 11 is 0. The summed E-state index contributed by atoms with van der Waals surface area (Å²) in [6, 6.07) is 13.6. The maximum absolute atomic E-state index is 13.5. The van der Waals surface area contributed by atoms with Crippen molar-refractivity contribution >= 4 is 39.3 Å². The third-order valence-electron chi connectivity index (χ3n) is 6.85. The summed E-state index contributed by atoms with van der Waals surface area (Å²) < 4.78 is 37.2. The number of hydrogen-bond acceptors (Lipinski definition) is 11. The summed E-state index contributed by atoms with van der Waals surface area (Å²) in [7, 11) is 0.784. The molecule has 2 heterocycles. The molecule has 0 spiro atoms. The number of likely N-dealkylation sites (N-methyl/N-ethyl adjacent to an activating group) is 1. The van der Waals surface area contributed by atoms with E-state index in [2.05, 4.69) is 14.2 Å². The van der Waals surface area contributed by atoms with Crippen LogP contribution in [0.5, 0.6) is 11.5 Å². The van der Waals surface area contributed by atoms with Crippen molar-refractivity contribution in [3.8, 4) is 11.5 Å². The number of carbonyl (C=O) groups excluding carboxylic acids is 2. The van der Waals surface area contributed by atoms with Crippen LogP contribution in [-0.2, 0) is 29.4 Å². The molecule has 1 aromatic heterocycles. The van der Waals surface area contributed by atoms with Gasteiger partial charge in [0.15, 0.2) is 24.1 Å². The number of fused-ring (bicyclic) bond motifs is 1. The Bertz CT molecular complexity index is 1480. The molecule has 1 N–H and O–H groups in total. The molecule has 226 valence electrons. The lowest BCUT2D eigenvalue weighted by Gasteiger charge is -2.32. The number of aliphatic hydroxyl groups is 1. The minimum atomic E-state index is -2.23. The highest BCUT2D eigenvalue weighted by Gasteiger charge is 2.29. The van der Waals surface area contributed by atoms with E-state index in [1.165, 1.54) is 7.11 Å². The second kappa shape index (κ2) is 14.9. The van der Waals surface area contributed by atoms with E-state index in [1.54, 1.807) is 67.5 Å². The van der Waals surface area contributed by atoms with Gasteiger partial charge in [-0.05, 0) is 55.3 Å². The van der Waals surface area contributed by atoms with Crippen LogP contribution in [0, 0.1) is 0 Å². The van der Waals surface area contributed by atoms with Crippen LogP contribution in [0.15, 0.2) is 59.1 Å². The Hall–Kier alpha value is -3.78. The van der Waals surface area contributed by atoms with Crippen LogP contribution in [0.25, 0.3) is 10.9 Å². The van der Waals surface area contributed by atoms with Crippen LogP contribution in [0.1, 0.15) is 24.9 Å². The number of ether oxygens (including phenoxy) is 3. The standard InChI is InChI=1S/C29H36N4O8S/c1-4-39-28(36)19-40-22-8-5-7-20(15-22)25(17-33-14-12-21(34)16-33)32(2)27(35)18-41-26-11-10-24(31-42(37)38-3)29-23(26)9-6-13-30-29/h5-11,13,15,21,25,34,42H,4,12,14,16-19H2,1-3H3/t21-,25?/m0/s1. The van der Waals surface area contributed by atoms with Gasteiger partial charge in [-0.3, -0.25) is 18.9 Å².